The summed E-state index contributed by atoms with van der Waals surface area (Å²) < 4.78 is 42.1. The van der Waals surface area contributed by atoms with Gasteiger partial charge in [-0.05, 0) is 13.0 Å². The van der Waals surface area contributed by atoms with Crippen molar-refractivity contribution in [2.45, 2.75) is 19.6 Å². The highest BCUT2D eigenvalue weighted by Gasteiger charge is 2.37. The molecule has 0 unspecified atom stereocenters. The third-order valence-corrected chi connectivity index (χ3v) is 1.88. The number of esters is 1. The van der Waals surface area contributed by atoms with Gasteiger partial charge >= 0.3 is 12.1 Å². The van der Waals surface area contributed by atoms with Crippen LogP contribution in [0.3, 0.4) is 0 Å². The Kier molecular flexibility index (Phi) is 3.58. The molecule has 7 heteroatoms. The Morgan fingerprint density at radius 1 is 1.56 bits per heavy atom. The number of aromatic nitrogens is 1. The number of nitrogens with two attached hydrogens (primary N) is 1. The maximum Gasteiger partial charge on any atom is 0.418 e. The zero-order valence-electron chi connectivity index (χ0n) is 8.52. The number of rotatable bonds is 3. The average molecular weight is 236 g/mol. The molecule has 1 heterocycles. The molecule has 0 spiro atoms. The van der Waals surface area contributed by atoms with E-state index in [2.05, 4.69) is 9.72 Å². The van der Waals surface area contributed by atoms with Crippen LogP contribution in [0.15, 0.2) is 6.07 Å². The zero-order chi connectivity index (χ0) is 12.3. The first kappa shape index (κ1) is 12.6. The van der Waals surface area contributed by atoms with Crippen LogP contribution in [0.1, 0.15) is 28.7 Å². The van der Waals surface area contributed by atoms with Crippen LogP contribution in [0.4, 0.5) is 13.2 Å². The molecule has 0 radical (unpaired) electrons. The Morgan fingerprint density at radius 3 is 2.62 bits per heavy atom. The van der Waals surface area contributed by atoms with E-state index in [4.69, 9.17) is 5.73 Å². The minimum Gasteiger partial charge on any atom is -0.461 e. The quantitative estimate of drug-likeness (QED) is 0.784. The fraction of sp³-hybridized carbons (Fsp3) is 0.444. The van der Waals surface area contributed by atoms with Gasteiger partial charge in [0.15, 0.2) is 0 Å². The van der Waals surface area contributed by atoms with Crippen LogP contribution in [0.5, 0.6) is 0 Å². The molecular formula is C9H11F3N2O2. The van der Waals surface area contributed by atoms with Gasteiger partial charge in [0.1, 0.15) is 5.69 Å². The lowest BCUT2D eigenvalue weighted by Gasteiger charge is -2.06. The molecule has 16 heavy (non-hydrogen) atoms. The number of carbonyl (C=O) groups excluding carboxylic acids is 1. The minimum absolute atomic E-state index is 0.00705. The van der Waals surface area contributed by atoms with Crippen molar-refractivity contribution in [1.82, 2.24) is 4.98 Å². The van der Waals surface area contributed by atoms with E-state index in [0.717, 1.165) is 6.07 Å². The van der Waals surface area contributed by atoms with Gasteiger partial charge in [-0.15, -0.1) is 0 Å². The molecule has 90 valence electrons. The van der Waals surface area contributed by atoms with Gasteiger partial charge in [0.2, 0.25) is 0 Å². The van der Waals surface area contributed by atoms with Gasteiger partial charge in [0.25, 0.3) is 0 Å². The predicted octanol–water partition coefficient (Wildman–Crippen LogP) is 1.67. The lowest BCUT2D eigenvalue weighted by Crippen LogP contribution is -2.13. The van der Waals surface area contributed by atoms with Crippen molar-refractivity contribution in [3.63, 3.8) is 0 Å². The van der Waals surface area contributed by atoms with Crippen LogP contribution in [0.25, 0.3) is 0 Å². The van der Waals surface area contributed by atoms with E-state index in [9.17, 15) is 18.0 Å². The number of ether oxygens (including phenoxy) is 1. The van der Waals surface area contributed by atoms with Gasteiger partial charge in [-0.3, -0.25) is 0 Å². The van der Waals surface area contributed by atoms with E-state index >= 15 is 0 Å². The standard InChI is InChI=1S/C9H11F3N2O2/c1-2-16-8(15)7-6(9(10,11)12)3-5(4-13)14-7/h3,14H,2,4,13H2,1H3. The number of nitrogens with one attached hydrogen (secondary N) is 1. The van der Waals surface area contributed by atoms with Crippen LogP contribution in [0.2, 0.25) is 0 Å². The van der Waals surface area contributed by atoms with Crippen LogP contribution in [0, 0.1) is 0 Å². The Morgan fingerprint density at radius 2 is 2.19 bits per heavy atom. The summed E-state index contributed by atoms with van der Waals surface area (Å²) in [4.78, 5) is 13.6. The third-order valence-electron chi connectivity index (χ3n) is 1.88. The van der Waals surface area contributed by atoms with Crippen molar-refractivity contribution in [3.05, 3.63) is 23.0 Å². The zero-order valence-corrected chi connectivity index (χ0v) is 8.52. The van der Waals surface area contributed by atoms with Crippen molar-refractivity contribution < 1.29 is 22.7 Å². The normalized spacial score (nSPS) is 11.6. The molecule has 1 aromatic rings. The monoisotopic (exact) mass is 236 g/mol. The van der Waals surface area contributed by atoms with Gasteiger partial charge in [-0.1, -0.05) is 0 Å². The Balaban J connectivity index is 3.15. The van der Waals surface area contributed by atoms with Gasteiger partial charge in [-0.25, -0.2) is 4.79 Å². The largest absolute Gasteiger partial charge is 0.461 e. The molecular weight excluding hydrogens is 225 g/mol. The highest BCUT2D eigenvalue weighted by atomic mass is 19.4. The fourth-order valence-electron chi connectivity index (χ4n) is 1.21. The van der Waals surface area contributed by atoms with Crippen molar-refractivity contribution in [1.29, 1.82) is 0 Å². The number of hydrogen-bond acceptors (Lipinski definition) is 3. The molecule has 0 fully saturated rings. The van der Waals surface area contributed by atoms with Gasteiger partial charge in [-0.2, -0.15) is 13.2 Å². The first-order valence-electron chi connectivity index (χ1n) is 4.56. The molecule has 3 N–H and O–H groups in total. The van der Waals surface area contributed by atoms with Crippen LogP contribution in [-0.4, -0.2) is 17.6 Å². The van der Waals surface area contributed by atoms with E-state index in [0.29, 0.717) is 0 Å². The maximum atomic E-state index is 12.5. The Hall–Kier alpha value is -1.50. The molecule has 0 aliphatic heterocycles. The number of halogens is 3. The second kappa shape index (κ2) is 4.56. The summed E-state index contributed by atoms with van der Waals surface area (Å²) in [5, 5.41) is 0. The number of H-pyrrole nitrogens is 1. The molecule has 0 saturated heterocycles. The summed E-state index contributed by atoms with van der Waals surface area (Å²) in [5.74, 6) is -1.03. The molecule has 0 aliphatic rings. The molecule has 1 rings (SSSR count). The minimum atomic E-state index is -4.61. The second-order valence-corrected chi connectivity index (χ2v) is 3.01. The number of aromatic amines is 1. The molecule has 0 saturated carbocycles. The topological polar surface area (TPSA) is 68.1 Å². The fourth-order valence-corrected chi connectivity index (χ4v) is 1.21. The van der Waals surface area contributed by atoms with Crippen molar-refractivity contribution in [3.8, 4) is 0 Å². The molecule has 0 bridgehead atoms. The molecule has 0 atom stereocenters. The van der Waals surface area contributed by atoms with Gasteiger partial charge < -0.3 is 15.5 Å². The molecule has 0 amide bonds. The summed E-state index contributed by atoms with van der Waals surface area (Å²) in [5.41, 5.74) is 3.68. The van der Waals surface area contributed by atoms with Gasteiger partial charge in [0, 0.05) is 12.2 Å². The van der Waals surface area contributed by atoms with Crippen molar-refractivity contribution in [2.75, 3.05) is 6.61 Å². The maximum absolute atomic E-state index is 12.5. The molecule has 1 aromatic heterocycles. The highest BCUT2D eigenvalue weighted by molar-refractivity contribution is 5.89. The van der Waals surface area contributed by atoms with Gasteiger partial charge in [0.05, 0.1) is 12.2 Å². The van der Waals surface area contributed by atoms with E-state index in [1.807, 2.05) is 0 Å². The second-order valence-electron chi connectivity index (χ2n) is 3.01. The van der Waals surface area contributed by atoms with E-state index in [1.165, 1.54) is 6.92 Å². The molecule has 0 aromatic carbocycles. The van der Waals surface area contributed by atoms with E-state index < -0.39 is 23.4 Å². The summed E-state index contributed by atoms with van der Waals surface area (Å²) in [6, 6.07) is 0.812. The number of alkyl halides is 3. The first-order valence-corrected chi connectivity index (χ1v) is 4.56. The van der Waals surface area contributed by atoms with Crippen LogP contribution in [-0.2, 0) is 17.5 Å². The third kappa shape index (κ3) is 2.54. The van der Waals surface area contributed by atoms with E-state index in [-0.39, 0.29) is 18.8 Å². The lowest BCUT2D eigenvalue weighted by molar-refractivity contribution is -0.138. The molecule has 0 aliphatic carbocycles. The van der Waals surface area contributed by atoms with Crippen LogP contribution < -0.4 is 5.73 Å². The SMILES string of the molecule is CCOC(=O)c1[nH]c(CN)cc1C(F)(F)F. The number of carbonyl (C=O) groups is 1. The average Bonchev–Trinajstić information content (AvgIpc) is 2.61. The predicted molar refractivity (Wildman–Crippen MR) is 49.6 cm³/mol. The smallest absolute Gasteiger partial charge is 0.418 e. The number of hydrogen-bond donors (Lipinski definition) is 2. The highest BCUT2D eigenvalue weighted by Crippen LogP contribution is 2.32. The van der Waals surface area contributed by atoms with Crippen molar-refractivity contribution in [2.24, 2.45) is 5.73 Å². The first-order chi connectivity index (χ1) is 7.40. The molecule has 4 nitrogen and oxygen atoms in total. The Bertz CT molecular complexity index is 385. The van der Waals surface area contributed by atoms with Crippen molar-refractivity contribution >= 4 is 5.97 Å². The summed E-state index contributed by atoms with van der Waals surface area (Å²) in [6.07, 6.45) is -4.61. The summed E-state index contributed by atoms with van der Waals surface area (Å²) >= 11 is 0. The van der Waals surface area contributed by atoms with Crippen LogP contribution >= 0.6 is 0 Å². The summed E-state index contributed by atoms with van der Waals surface area (Å²) in [6.45, 7) is 1.41. The van der Waals surface area contributed by atoms with E-state index in [1.54, 1.807) is 0 Å². The Labute approximate surface area is 89.6 Å². The summed E-state index contributed by atoms with van der Waals surface area (Å²) in [7, 11) is 0. The lowest BCUT2D eigenvalue weighted by atomic mass is 10.2.